The van der Waals surface area contributed by atoms with Crippen LogP contribution >= 0.6 is 38.5 Å². The Morgan fingerprint density at radius 1 is 1.00 bits per heavy atom. The topological polar surface area (TPSA) is 9.23 Å². The summed E-state index contributed by atoms with van der Waals surface area (Å²) in [6, 6.07) is 5.28. The van der Waals surface area contributed by atoms with Crippen molar-refractivity contribution in [1.82, 2.24) is 0 Å². The zero-order valence-corrected chi connectivity index (χ0v) is 13.7. The van der Waals surface area contributed by atoms with Crippen molar-refractivity contribution in [2.75, 3.05) is 0 Å². The van der Waals surface area contributed by atoms with Gasteiger partial charge >= 0.3 is 6.18 Å². The first kappa shape index (κ1) is 16.5. The maximum atomic E-state index is 13.7. The van der Waals surface area contributed by atoms with Gasteiger partial charge in [0.1, 0.15) is 0 Å². The van der Waals surface area contributed by atoms with Crippen LogP contribution in [0.25, 0.3) is 0 Å². The quantitative estimate of drug-likeness (QED) is 0.372. The molecule has 0 aliphatic rings. The first-order chi connectivity index (χ1) is 9.70. The summed E-state index contributed by atoms with van der Waals surface area (Å²) in [6.07, 6.45) is -4.83. The molecule has 0 atom stereocenters. The molecule has 2 aromatic rings. The van der Waals surface area contributed by atoms with Crippen molar-refractivity contribution in [1.29, 1.82) is 0 Å². The highest BCUT2D eigenvalue weighted by Crippen LogP contribution is 2.38. The van der Waals surface area contributed by atoms with Crippen molar-refractivity contribution in [3.63, 3.8) is 0 Å². The van der Waals surface area contributed by atoms with E-state index in [4.69, 9.17) is 4.74 Å². The first-order valence-electron chi connectivity index (χ1n) is 5.38. The van der Waals surface area contributed by atoms with Gasteiger partial charge in [-0.1, -0.05) is 6.07 Å². The van der Waals surface area contributed by atoms with Crippen LogP contribution in [0.4, 0.5) is 22.0 Å². The number of halogens is 7. The van der Waals surface area contributed by atoms with Gasteiger partial charge < -0.3 is 4.74 Å². The van der Waals surface area contributed by atoms with E-state index in [1.807, 2.05) is 22.6 Å². The van der Waals surface area contributed by atoms with Gasteiger partial charge in [-0.05, 0) is 62.8 Å². The van der Waals surface area contributed by atoms with Gasteiger partial charge in [0.15, 0.2) is 23.1 Å². The SMILES string of the molecule is Fc1cc(C(F)(F)F)cc(F)c1Oc1c(Br)cccc1I. The highest BCUT2D eigenvalue weighted by Gasteiger charge is 2.33. The molecule has 21 heavy (non-hydrogen) atoms. The van der Waals surface area contributed by atoms with Gasteiger partial charge in [0.2, 0.25) is 0 Å². The summed E-state index contributed by atoms with van der Waals surface area (Å²) >= 11 is 5.02. The normalized spacial score (nSPS) is 11.6. The molecule has 2 aromatic carbocycles. The van der Waals surface area contributed by atoms with Gasteiger partial charge in [0.05, 0.1) is 13.6 Å². The first-order valence-corrected chi connectivity index (χ1v) is 7.25. The molecule has 0 saturated heterocycles. The Kier molecular flexibility index (Phi) is 4.76. The number of hydrogen-bond donors (Lipinski definition) is 0. The third kappa shape index (κ3) is 3.65. The summed E-state index contributed by atoms with van der Waals surface area (Å²) in [6.45, 7) is 0. The molecule has 0 N–H and O–H groups in total. The molecule has 0 radical (unpaired) electrons. The van der Waals surface area contributed by atoms with E-state index in [9.17, 15) is 22.0 Å². The summed E-state index contributed by atoms with van der Waals surface area (Å²) in [5.74, 6) is -3.61. The Morgan fingerprint density at radius 2 is 1.57 bits per heavy atom. The molecular weight excluding hydrogens is 474 g/mol. The van der Waals surface area contributed by atoms with E-state index >= 15 is 0 Å². The Balaban J connectivity index is 2.47. The highest BCUT2D eigenvalue weighted by molar-refractivity contribution is 14.1. The molecule has 0 saturated carbocycles. The van der Waals surface area contributed by atoms with Crippen molar-refractivity contribution in [3.8, 4) is 11.5 Å². The second-order valence-electron chi connectivity index (χ2n) is 3.92. The van der Waals surface area contributed by atoms with Crippen LogP contribution in [0, 0.1) is 15.2 Å². The number of para-hydroxylation sites is 1. The van der Waals surface area contributed by atoms with Gasteiger partial charge in [0, 0.05) is 0 Å². The van der Waals surface area contributed by atoms with Crippen LogP contribution in [0.5, 0.6) is 11.5 Å². The zero-order chi connectivity index (χ0) is 15.8. The predicted octanol–water partition coefficient (Wildman–Crippen LogP) is 6.14. The summed E-state index contributed by atoms with van der Waals surface area (Å²) < 4.78 is 70.8. The molecule has 2 rings (SSSR count). The number of ether oxygens (including phenoxy) is 1. The van der Waals surface area contributed by atoms with Crippen molar-refractivity contribution < 1.29 is 26.7 Å². The minimum atomic E-state index is -4.83. The molecule has 112 valence electrons. The van der Waals surface area contributed by atoms with Gasteiger partial charge in [-0.3, -0.25) is 0 Å². The lowest BCUT2D eigenvalue weighted by Gasteiger charge is -2.13. The Hall–Kier alpha value is -0.900. The Labute approximate surface area is 138 Å². The lowest BCUT2D eigenvalue weighted by molar-refractivity contribution is -0.138. The monoisotopic (exact) mass is 478 g/mol. The van der Waals surface area contributed by atoms with E-state index in [0.717, 1.165) is 0 Å². The third-order valence-electron chi connectivity index (χ3n) is 2.45. The maximum Gasteiger partial charge on any atom is 0.416 e. The second-order valence-corrected chi connectivity index (χ2v) is 5.94. The lowest BCUT2D eigenvalue weighted by Crippen LogP contribution is -2.07. The van der Waals surface area contributed by atoms with E-state index in [1.54, 1.807) is 18.2 Å². The molecule has 0 aliphatic heterocycles. The average molecular weight is 479 g/mol. The lowest BCUT2D eigenvalue weighted by atomic mass is 10.2. The summed E-state index contributed by atoms with van der Waals surface area (Å²) in [7, 11) is 0. The van der Waals surface area contributed by atoms with Crippen molar-refractivity contribution in [2.45, 2.75) is 6.18 Å². The van der Waals surface area contributed by atoms with Crippen LogP contribution in [-0.4, -0.2) is 0 Å². The van der Waals surface area contributed by atoms with Crippen LogP contribution in [0.2, 0.25) is 0 Å². The summed E-state index contributed by atoms with van der Waals surface area (Å²) in [5, 5.41) is 0. The minimum absolute atomic E-state index is 0.121. The number of alkyl halides is 3. The highest BCUT2D eigenvalue weighted by atomic mass is 127. The van der Waals surface area contributed by atoms with E-state index in [-0.39, 0.29) is 17.9 Å². The molecule has 0 fully saturated rings. The number of rotatable bonds is 2. The molecule has 0 spiro atoms. The fourth-order valence-corrected chi connectivity index (χ4v) is 2.93. The van der Waals surface area contributed by atoms with Gasteiger partial charge in [-0.15, -0.1) is 0 Å². The Bertz CT molecular complexity index is 643. The van der Waals surface area contributed by atoms with Crippen molar-refractivity contribution in [3.05, 3.63) is 55.6 Å². The maximum absolute atomic E-state index is 13.7. The van der Waals surface area contributed by atoms with E-state index < -0.39 is 29.1 Å². The van der Waals surface area contributed by atoms with Crippen LogP contribution in [0.1, 0.15) is 5.56 Å². The standard InChI is InChI=1S/C13H5BrF5IO/c14-7-2-1-3-10(20)11(7)21-12-8(15)4-6(5-9(12)16)13(17,18)19/h1-5H. The number of hydrogen-bond acceptors (Lipinski definition) is 1. The molecule has 0 unspecified atom stereocenters. The largest absolute Gasteiger partial charge is 0.449 e. The molecule has 0 heterocycles. The van der Waals surface area contributed by atoms with Crippen LogP contribution in [0.3, 0.4) is 0 Å². The molecule has 0 aliphatic carbocycles. The summed E-state index contributed by atoms with van der Waals surface area (Å²) in [5.41, 5.74) is -1.41. The van der Waals surface area contributed by atoms with E-state index in [1.165, 1.54) is 0 Å². The summed E-state index contributed by atoms with van der Waals surface area (Å²) in [4.78, 5) is 0. The van der Waals surface area contributed by atoms with Crippen molar-refractivity contribution >= 4 is 38.5 Å². The van der Waals surface area contributed by atoms with Gasteiger partial charge in [-0.2, -0.15) is 13.2 Å². The fourth-order valence-electron chi connectivity index (χ4n) is 1.50. The molecule has 0 bridgehead atoms. The van der Waals surface area contributed by atoms with E-state index in [2.05, 4.69) is 15.9 Å². The smallest absolute Gasteiger partial charge is 0.416 e. The fraction of sp³-hybridized carbons (Fsp3) is 0.0769. The molecular formula is C13H5BrF5IO. The molecule has 1 nitrogen and oxygen atoms in total. The van der Waals surface area contributed by atoms with Crippen molar-refractivity contribution in [2.24, 2.45) is 0 Å². The van der Waals surface area contributed by atoms with Crippen LogP contribution < -0.4 is 4.74 Å². The number of benzene rings is 2. The predicted molar refractivity (Wildman–Crippen MR) is 78.3 cm³/mol. The van der Waals surface area contributed by atoms with Crippen LogP contribution in [-0.2, 0) is 6.18 Å². The van der Waals surface area contributed by atoms with Crippen LogP contribution in [0.15, 0.2) is 34.8 Å². The molecule has 0 aromatic heterocycles. The molecule has 8 heteroatoms. The van der Waals surface area contributed by atoms with E-state index in [0.29, 0.717) is 8.04 Å². The average Bonchev–Trinajstić information content (AvgIpc) is 2.35. The zero-order valence-electron chi connectivity index (χ0n) is 9.94. The second kappa shape index (κ2) is 6.07. The molecule has 0 amide bonds. The Morgan fingerprint density at radius 3 is 2.05 bits per heavy atom. The minimum Gasteiger partial charge on any atom is -0.449 e. The van der Waals surface area contributed by atoms with Gasteiger partial charge in [-0.25, -0.2) is 8.78 Å². The van der Waals surface area contributed by atoms with Gasteiger partial charge in [0.25, 0.3) is 0 Å². The third-order valence-corrected chi connectivity index (χ3v) is 3.92.